The molecule has 96 valence electrons. The summed E-state index contributed by atoms with van der Waals surface area (Å²) in [7, 11) is 0. The van der Waals surface area contributed by atoms with Crippen molar-refractivity contribution in [2.24, 2.45) is 5.73 Å². The number of nitrogens with zero attached hydrogens (tertiary/aromatic N) is 2. The average molecular weight is 255 g/mol. The van der Waals surface area contributed by atoms with Crippen molar-refractivity contribution in [2.45, 2.75) is 50.5 Å². The van der Waals surface area contributed by atoms with E-state index in [-0.39, 0.29) is 6.04 Å². The fraction of sp³-hybridized carbons (Fsp3) is 0.833. The third-order valence-corrected chi connectivity index (χ3v) is 4.02. The molecule has 2 rings (SSSR count). The summed E-state index contributed by atoms with van der Waals surface area (Å²) < 4.78 is 5.28. The smallest absolute Gasteiger partial charge is 0.243 e. The summed E-state index contributed by atoms with van der Waals surface area (Å²) in [6.07, 6.45) is 9.27. The van der Waals surface area contributed by atoms with E-state index >= 15 is 0 Å². The molecule has 0 saturated heterocycles. The average Bonchev–Trinajstić information content (AvgIpc) is 2.86. The van der Waals surface area contributed by atoms with Crippen LogP contribution in [0.25, 0.3) is 0 Å². The maximum atomic E-state index is 6.01. The first-order chi connectivity index (χ1) is 8.31. The van der Waals surface area contributed by atoms with E-state index in [1.807, 2.05) is 0 Å². The van der Waals surface area contributed by atoms with E-state index < -0.39 is 0 Å². The minimum atomic E-state index is -0.104. The molecule has 0 radical (unpaired) electrons. The van der Waals surface area contributed by atoms with Gasteiger partial charge in [0.2, 0.25) is 5.89 Å². The molecule has 1 saturated carbocycles. The topological polar surface area (TPSA) is 64.9 Å². The maximum Gasteiger partial charge on any atom is 0.243 e. The van der Waals surface area contributed by atoms with Crippen molar-refractivity contribution in [3.05, 3.63) is 11.7 Å². The molecule has 1 heterocycles. The van der Waals surface area contributed by atoms with Gasteiger partial charge >= 0.3 is 0 Å². The van der Waals surface area contributed by atoms with Crippen molar-refractivity contribution in [3.8, 4) is 0 Å². The van der Waals surface area contributed by atoms with Crippen LogP contribution in [0.2, 0.25) is 0 Å². The van der Waals surface area contributed by atoms with Gasteiger partial charge in [-0.15, -0.1) is 0 Å². The molecule has 0 aromatic carbocycles. The van der Waals surface area contributed by atoms with E-state index in [0.29, 0.717) is 11.8 Å². The second kappa shape index (κ2) is 6.40. The zero-order valence-corrected chi connectivity index (χ0v) is 11.2. The molecule has 5 heteroatoms. The zero-order chi connectivity index (χ0) is 12.1. The molecule has 4 nitrogen and oxygen atoms in total. The highest BCUT2D eigenvalue weighted by Gasteiger charge is 2.22. The molecule has 17 heavy (non-hydrogen) atoms. The Morgan fingerprint density at radius 2 is 2.18 bits per heavy atom. The van der Waals surface area contributed by atoms with E-state index in [0.717, 1.165) is 18.0 Å². The van der Waals surface area contributed by atoms with Crippen LogP contribution in [0.1, 0.15) is 62.2 Å². The first-order valence-corrected chi connectivity index (χ1v) is 7.78. The van der Waals surface area contributed by atoms with Crippen molar-refractivity contribution in [1.82, 2.24) is 10.1 Å². The van der Waals surface area contributed by atoms with Crippen molar-refractivity contribution in [3.63, 3.8) is 0 Å². The molecule has 0 bridgehead atoms. The summed E-state index contributed by atoms with van der Waals surface area (Å²) in [4.78, 5) is 4.47. The Labute approximate surface area is 107 Å². The van der Waals surface area contributed by atoms with Crippen LogP contribution in [0.3, 0.4) is 0 Å². The van der Waals surface area contributed by atoms with Gasteiger partial charge in [0.05, 0.1) is 6.04 Å². The summed E-state index contributed by atoms with van der Waals surface area (Å²) >= 11 is 1.79. The van der Waals surface area contributed by atoms with E-state index in [2.05, 4.69) is 16.4 Å². The van der Waals surface area contributed by atoms with Crippen molar-refractivity contribution in [2.75, 3.05) is 12.0 Å². The van der Waals surface area contributed by atoms with Crippen LogP contribution in [-0.2, 0) is 0 Å². The van der Waals surface area contributed by atoms with Crippen molar-refractivity contribution >= 4 is 11.8 Å². The minimum absolute atomic E-state index is 0.104. The molecule has 0 spiro atoms. The normalized spacial score (nSPS) is 19.4. The van der Waals surface area contributed by atoms with Crippen molar-refractivity contribution in [1.29, 1.82) is 0 Å². The Kier molecular flexibility index (Phi) is 4.86. The molecule has 0 aliphatic heterocycles. The third kappa shape index (κ3) is 3.45. The van der Waals surface area contributed by atoms with Gasteiger partial charge in [0.25, 0.3) is 0 Å². The molecule has 0 unspecified atom stereocenters. The maximum absolute atomic E-state index is 6.01. The van der Waals surface area contributed by atoms with Gasteiger partial charge in [0.1, 0.15) is 0 Å². The fourth-order valence-electron chi connectivity index (χ4n) is 2.29. The first kappa shape index (κ1) is 12.9. The van der Waals surface area contributed by atoms with Crippen LogP contribution in [-0.4, -0.2) is 22.1 Å². The number of hydrogen-bond acceptors (Lipinski definition) is 5. The zero-order valence-electron chi connectivity index (χ0n) is 10.4. The molecule has 1 aliphatic rings. The van der Waals surface area contributed by atoms with Crippen LogP contribution >= 0.6 is 11.8 Å². The van der Waals surface area contributed by atoms with Gasteiger partial charge in [0.15, 0.2) is 5.82 Å². The monoisotopic (exact) mass is 255 g/mol. The van der Waals surface area contributed by atoms with Crippen LogP contribution < -0.4 is 5.73 Å². The highest BCUT2D eigenvalue weighted by Crippen LogP contribution is 2.31. The third-order valence-electron chi connectivity index (χ3n) is 3.38. The second-order valence-corrected chi connectivity index (χ2v) is 5.70. The highest BCUT2D eigenvalue weighted by molar-refractivity contribution is 7.98. The lowest BCUT2D eigenvalue weighted by Crippen LogP contribution is -2.12. The van der Waals surface area contributed by atoms with E-state index in [9.17, 15) is 0 Å². The second-order valence-electron chi connectivity index (χ2n) is 4.71. The van der Waals surface area contributed by atoms with Gasteiger partial charge in [0, 0.05) is 5.92 Å². The quantitative estimate of drug-likeness (QED) is 0.876. The molecule has 1 aromatic heterocycles. The molecule has 1 aliphatic carbocycles. The van der Waals surface area contributed by atoms with E-state index in [1.54, 1.807) is 11.8 Å². The predicted octanol–water partition coefficient (Wildman–Crippen LogP) is 2.87. The Bertz CT molecular complexity index is 336. The molecule has 1 fully saturated rings. The van der Waals surface area contributed by atoms with E-state index in [1.165, 1.54) is 32.1 Å². The van der Waals surface area contributed by atoms with Crippen LogP contribution in [0.4, 0.5) is 0 Å². The summed E-state index contributed by atoms with van der Waals surface area (Å²) in [5.74, 6) is 3.01. The highest BCUT2D eigenvalue weighted by atomic mass is 32.2. The largest absolute Gasteiger partial charge is 0.338 e. The minimum Gasteiger partial charge on any atom is -0.338 e. The standard InChI is InChI=1S/C12H21N3OS/c1-17-8-7-10(13)12-14-11(15-16-12)9-5-3-2-4-6-9/h9-10H,2-8,13H2,1H3/t10-/m1/s1. The molecule has 1 atom stereocenters. The van der Waals surface area contributed by atoms with Gasteiger partial charge in [-0.2, -0.15) is 16.7 Å². The number of aromatic nitrogens is 2. The van der Waals surface area contributed by atoms with Gasteiger partial charge in [-0.25, -0.2) is 0 Å². The van der Waals surface area contributed by atoms with Crippen molar-refractivity contribution < 1.29 is 4.52 Å². The lowest BCUT2D eigenvalue weighted by atomic mass is 9.89. The molecular formula is C12H21N3OS. The van der Waals surface area contributed by atoms with Gasteiger partial charge in [-0.05, 0) is 31.3 Å². The summed E-state index contributed by atoms with van der Waals surface area (Å²) in [5, 5.41) is 4.10. The molecule has 1 aromatic rings. The Morgan fingerprint density at radius 1 is 1.41 bits per heavy atom. The van der Waals surface area contributed by atoms with Gasteiger partial charge in [-0.3, -0.25) is 0 Å². The molecule has 2 N–H and O–H groups in total. The number of hydrogen-bond donors (Lipinski definition) is 1. The fourth-order valence-corrected chi connectivity index (χ4v) is 2.78. The summed E-state index contributed by atoms with van der Waals surface area (Å²) in [5.41, 5.74) is 6.01. The Morgan fingerprint density at radius 3 is 2.88 bits per heavy atom. The molecule has 0 amide bonds. The number of thioether (sulfide) groups is 1. The lowest BCUT2D eigenvalue weighted by Gasteiger charge is -2.17. The SMILES string of the molecule is CSCC[C@@H](N)c1nc(C2CCCCC2)no1. The van der Waals surface area contributed by atoms with Crippen LogP contribution in [0.5, 0.6) is 0 Å². The number of rotatable bonds is 5. The predicted molar refractivity (Wildman–Crippen MR) is 70.1 cm³/mol. The van der Waals surface area contributed by atoms with Gasteiger partial charge in [-0.1, -0.05) is 24.4 Å². The van der Waals surface area contributed by atoms with Gasteiger partial charge < -0.3 is 10.3 Å². The summed E-state index contributed by atoms with van der Waals surface area (Å²) in [6.45, 7) is 0. The van der Waals surface area contributed by atoms with E-state index in [4.69, 9.17) is 10.3 Å². The Hall–Kier alpha value is -0.550. The first-order valence-electron chi connectivity index (χ1n) is 6.39. The van der Waals surface area contributed by atoms with Crippen LogP contribution in [0.15, 0.2) is 4.52 Å². The van der Waals surface area contributed by atoms with Crippen LogP contribution in [0, 0.1) is 0 Å². The molecular weight excluding hydrogens is 234 g/mol. The lowest BCUT2D eigenvalue weighted by molar-refractivity contribution is 0.340. The number of nitrogens with two attached hydrogens (primary N) is 1. The summed E-state index contributed by atoms with van der Waals surface area (Å²) in [6, 6.07) is -0.104. The Balaban J connectivity index is 1.94.